The number of rotatable bonds is 28. The third-order valence-electron chi connectivity index (χ3n) is 11.6. The first kappa shape index (κ1) is 61.7. The number of nitrogens with two attached hydrogens (primary N) is 3. The van der Waals surface area contributed by atoms with Crippen LogP contribution in [0.5, 0.6) is 5.75 Å². The molecule has 0 radical (unpaired) electrons. The van der Waals surface area contributed by atoms with Crippen LogP contribution in [0.2, 0.25) is 0 Å². The molecule has 4 aromatic carbocycles. The molecule has 0 aliphatic carbocycles. The van der Waals surface area contributed by atoms with Crippen LogP contribution in [0.3, 0.4) is 0 Å². The monoisotopic (exact) mass is 1070 g/mol. The van der Waals surface area contributed by atoms with Crippen molar-refractivity contribution < 1.29 is 63.2 Å². The van der Waals surface area contributed by atoms with Crippen LogP contribution >= 0.6 is 25.3 Å². The van der Waals surface area contributed by atoms with Gasteiger partial charge in [-0.15, -0.1) is 0 Å². The molecule has 0 bridgehead atoms. The van der Waals surface area contributed by atoms with Gasteiger partial charge in [0.1, 0.15) is 42.6 Å². The van der Waals surface area contributed by atoms with Crippen LogP contribution in [0.25, 0.3) is 0 Å². The van der Waals surface area contributed by atoms with Crippen LogP contribution in [-0.2, 0) is 69.2 Å². The van der Waals surface area contributed by atoms with Gasteiger partial charge in [0.2, 0.25) is 35.4 Å². The summed E-state index contributed by atoms with van der Waals surface area (Å²) in [6, 6.07) is 25.4. The molecule has 75 heavy (non-hydrogen) atoms. The zero-order valence-corrected chi connectivity index (χ0v) is 43.3. The number of carboxylic acid groups (broad SMARTS) is 2. The highest BCUT2D eigenvalue weighted by atomic mass is 32.1. The minimum atomic E-state index is -1.45. The number of aliphatic carboxylic acids is 2. The summed E-state index contributed by atoms with van der Waals surface area (Å²) in [5, 5.41) is 36.6. The summed E-state index contributed by atoms with van der Waals surface area (Å²) < 4.78 is 5.58. The Kier molecular flexibility index (Phi) is 26.2. The molecule has 4 rings (SSSR count). The number of carboxylic acids is 2. The Morgan fingerprint density at radius 2 is 1.12 bits per heavy atom. The fourth-order valence-corrected chi connectivity index (χ4v) is 7.95. The summed E-state index contributed by atoms with van der Waals surface area (Å²) in [6.45, 7) is 3.46. The Hall–Kier alpha value is -7.63. The number of carbonyl (C=O) groups excluding carboxylic acids is 7. The van der Waals surface area contributed by atoms with Crippen molar-refractivity contribution in [1.29, 1.82) is 0 Å². The third-order valence-corrected chi connectivity index (χ3v) is 12.3. The van der Waals surface area contributed by atoms with E-state index in [2.05, 4.69) is 41.2 Å². The second-order valence-corrected chi connectivity index (χ2v) is 18.1. The van der Waals surface area contributed by atoms with Gasteiger partial charge in [0.25, 0.3) is 0 Å². The van der Waals surface area contributed by atoms with E-state index in [-0.39, 0.29) is 62.1 Å². The Labute approximate surface area is 445 Å². The molecule has 7 atom stereocenters. The number of nitrogens with one attached hydrogen (secondary N) is 3. The van der Waals surface area contributed by atoms with E-state index < -0.39 is 96.1 Å². The lowest BCUT2D eigenvalue weighted by atomic mass is 9.98. The minimum absolute atomic E-state index is 0.00112. The maximum absolute atomic E-state index is 13.8. The molecule has 7 unspecified atom stereocenters. The van der Waals surface area contributed by atoms with Crippen molar-refractivity contribution in [2.24, 2.45) is 23.1 Å². The summed E-state index contributed by atoms with van der Waals surface area (Å²) in [4.78, 5) is 115. The van der Waals surface area contributed by atoms with Gasteiger partial charge in [-0.2, -0.15) is 25.3 Å². The number of phenolic OH excluding ortho intramolecular Hbond substituents is 1. The summed E-state index contributed by atoms with van der Waals surface area (Å²) >= 11 is 8.41. The third kappa shape index (κ3) is 21.0. The molecule has 0 aliphatic heterocycles. The Bertz CT molecular complexity index is 2510. The van der Waals surface area contributed by atoms with Gasteiger partial charge in [-0.3, -0.25) is 33.7 Å². The fraction of sp³-hybridized carbons (Fsp3) is 0.365. The van der Waals surface area contributed by atoms with E-state index in [1.165, 1.54) is 17.0 Å². The number of hydrogen-bond acceptors (Lipinski definition) is 14. The van der Waals surface area contributed by atoms with Gasteiger partial charge in [0, 0.05) is 37.4 Å². The smallest absolute Gasteiger partial charge is 0.411 e. The SMILES string of the molecule is CCC(C)C(NC(=O)C(Cc1ccc(O)cc1)NC(=O)C(CS)N(Cc1ccccc1)C(=O)OCc1ccccc1)C(=O)O.NC(=O)CCC(N)C(=O)NC(CC(N)=O)C(=O)N(Cc1ccccc1)C(CS)C(=O)O. The van der Waals surface area contributed by atoms with E-state index in [0.29, 0.717) is 17.5 Å². The van der Waals surface area contributed by atoms with E-state index in [1.807, 2.05) is 67.6 Å². The van der Waals surface area contributed by atoms with Gasteiger partial charge in [0.05, 0.1) is 12.5 Å². The van der Waals surface area contributed by atoms with Crippen molar-refractivity contribution in [2.75, 3.05) is 11.5 Å². The first-order valence-corrected chi connectivity index (χ1v) is 25.0. The van der Waals surface area contributed by atoms with E-state index in [9.17, 15) is 58.5 Å². The van der Waals surface area contributed by atoms with Gasteiger partial charge >= 0.3 is 18.0 Å². The van der Waals surface area contributed by atoms with Gasteiger partial charge in [-0.1, -0.05) is 123 Å². The van der Waals surface area contributed by atoms with Gasteiger partial charge in [-0.05, 0) is 46.7 Å². The molecule has 0 spiro atoms. The molecular formula is C52H66N8O13S2. The zero-order valence-electron chi connectivity index (χ0n) is 41.5. The minimum Gasteiger partial charge on any atom is -0.508 e. The predicted octanol–water partition coefficient (Wildman–Crippen LogP) is 2.52. The number of phenols is 1. The quantitative estimate of drug-likeness (QED) is 0.0365. The molecule has 404 valence electrons. The largest absolute Gasteiger partial charge is 0.508 e. The highest BCUT2D eigenvalue weighted by Crippen LogP contribution is 2.18. The molecule has 21 nitrogen and oxygen atoms in total. The molecule has 0 saturated carbocycles. The normalized spacial score (nSPS) is 13.5. The first-order chi connectivity index (χ1) is 35.7. The molecule has 0 saturated heterocycles. The topological polar surface area (TPSA) is 344 Å². The molecule has 0 aromatic heterocycles. The highest BCUT2D eigenvalue weighted by molar-refractivity contribution is 7.80. The van der Waals surface area contributed by atoms with Gasteiger partial charge in [-0.25, -0.2) is 14.4 Å². The molecule has 0 fully saturated rings. The number of primary amides is 2. The van der Waals surface area contributed by atoms with Crippen molar-refractivity contribution in [2.45, 2.75) is 102 Å². The van der Waals surface area contributed by atoms with E-state index in [1.54, 1.807) is 49.4 Å². The molecule has 12 N–H and O–H groups in total. The number of nitrogens with zero attached hydrogens (tertiary/aromatic N) is 2. The second-order valence-electron chi connectivity index (χ2n) is 17.3. The zero-order chi connectivity index (χ0) is 55.6. The molecule has 0 heterocycles. The lowest BCUT2D eigenvalue weighted by Gasteiger charge is -2.32. The lowest BCUT2D eigenvalue weighted by Crippen LogP contribution is -2.58. The van der Waals surface area contributed by atoms with Crippen LogP contribution < -0.4 is 33.2 Å². The summed E-state index contributed by atoms with van der Waals surface area (Å²) in [5.41, 5.74) is 18.7. The molecular weight excluding hydrogens is 1010 g/mol. The summed E-state index contributed by atoms with van der Waals surface area (Å²) in [5.74, 6) is -7.66. The number of ether oxygens (including phenoxy) is 1. The van der Waals surface area contributed by atoms with Gasteiger partial charge < -0.3 is 58.1 Å². The maximum Gasteiger partial charge on any atom is 0.411 e. The van der Waals surface area contributed by atoms with E-state index in [0.717, 1.165) is 16.0 Å². The van der Waals surface area contributed by atoms with E-state index >= 15 is 0 Å². The van der Waals surface area contributed by atoms with Crippen LogP contribution in [-0.4, -0.2) is 126 Å². The number of thiol groups is 2. The predicted molar refractivity (Wildman–Crippen MR) is 283 cm³/mol. The second kappa shape index (κ2) is 31.8. The first-order valence-electron chi connectivity index (χ1n) is 23.7. The molecule has 4 aromatic rings. The van der Waals surface area contributed by atoms with Crippen molar-refractivity contribution in [3.05, 3.63) is 138 Å². The Balaban J connectivity index is 0.000000421. The Morgan fingerprint density at radius 1 is 0.613 bits per heavy atom. The van der Waals surface area contributed by atoms with E-state index in [4.69, 9.17) is 21.9 Å². The highest BCUT2D eigenvalue weighted by Gasteiger charge is 2.37. The van der Waals surface area contributed by atoms with Crippen LogP contribution in [0, 0.1) is 5.92 Å². The number of carbonyl (C=O) groups is 9. The van der Waals surface area contributed by atoms with Crippen LogP contribution in [0.4, 0.5) is 4.79 Å². The average Bonchev–Trinajstić information content (AvgIpc) is 3.39. The van der Waals surface area contributed by atoms with Crippen molar-refractivity contribution in [3.8, 4) is 5.75 Å². The lowest BCUT2D eigenvalue weighted by molar-refractivity contribution is -0.151. The maximum atomic E-state index is 13.8. The fourth-order valence-electron chi connectivity index (χ4n) is 7.23. The molecule has 23 heteroatoms. The Morgan fingerprint density at radius 3 is 1.59 bits per heavy atom. The number of aromatic hydroxyl groups is 1. The number of benzene rings is 4. The van der Waals surface area contributed by atoms with Gasteiger partial charge in [0.15, 0.2) is 0 Å². The van der Waals surface area contributed by atoms with Crippen molar-refractivity contribution in [3.63, 3.8) is 0 Å². The van der Waals surface area contributed by atoms with Crippen LogP contribution in [0.15, 0.2) is 115 Å². The van der Waals surface area contributed by atoms with Crippen molar-refractivity contribution in [1.82, 2.24) is 25.8 Å². The standard InChI is InChI=1S/C33H39N3O7S.C19H27N5O6S/c1-3-22(2)29(32(40)41)35-30(38)27(18-23-14-16-26(37)17-15-23)34-31(39)28(21-44)36(19-24-10-6-4-7-11-24)33(42)43-20-25-12-8-5-9-13-25;20-12(6-7-15(21)25)17(27)23-13(8-16(22)26)18(28)24(14(10-31)19(29)30)9-11-4-2-1-3-5-11/h4-17,22,27-29,37,44H,3,18-21H2,1-2H3,(H,34,39)(H,35,38)(H,40,41);1-5,12-14,31H,6-10,20H2,(H2,21,25)(H2,22,26)(H,23,27)(H,29,30). The average molecular weight is 1080 g/mol. The summed E-state index contributed by atoms with van der Waals surface area (Å²) in [7, 11) is 0. The van der Waals surface area contributed by atoms with Crippen LogP contribution in [0.1, 0.15) is 61.8 Å². The summed E-state index contributed by atoms with van der Waals surface area (Å²) in [6.07, 6.45) is -1.02. The molecule has 0 aliphatic rings. The number of amides is 7. The van der Waals surface area contributed by atoms with Crippen molar-refractivity contribution >= 4 is 78.7 Å². The molecule has 7 amide bonds. The number of hydrogen-bond donors (Lipinski definition) is 11.